The average molecular weight is 288 g/mol. The average Bonchev–Trinajstić information content (AvgIpc) is 2.75. The third kappa shape index (κ3) is 3.00. The van der Waals surface area contributed by atoms with Crippen LogP contribution in [0.2, 0.25) is 0 Å². The third-order valence-electron chi connectivity index (χ3n) is 3.15. The van der Waals surface area contributed by atoms with E-state index in [1.165, 1.54) is 6.08 Å². The normalized spacial score (nSPS) is 14.4. The largest absolute Gasteiger partial charge is 0.395 e. The lowest BCUT2D eigenvalue weighted by molar-refractivity contribution is -0.137. The number of β-amino-alcohol motifs (C(OH)–C–C–N with tert-alkyl or cyclic N) is 1. The number of para-hydroxylation sites is 1. The van der Waals surface area contributed by atoms with E-state index in [9.17, 15) is 14.4 Å². The summed E-state index contributed by atoms with van der Waals surface area (Å²) in [6.07, 6.45) is 1.52. The van der Waals surface area contributed by atoms with Gasteiger partial charge in [0.1, 0.15) is 5.70 Å². The smallest absolute Gasteiger partial charge is 0.277 e. The summed E-state index contributed by atoms with van der Waals surface area (Å²) in [6, 6.07) is 6.82. The van der Waals surface area contributed by atoms with Gasteiger partial charge in [0.05, 0.1) is 13.2 Å². The Hall–Kier alpha value is -2.47. The SMILES string of the molecule is CCC(=O)c1ccccc1NC1=CC(=O)N(CCO)C1=O. The molecule has 1 heterocycles. The fourth-order valence-electron chi connectivity index (χ4n) is 2.08. The Morgan fingerprint density at radius 2 is 2.00 bits per heavy atom. The second-order valence-corrected chi connectivity index (χ2v) is 4.52. The van der Waals surface area contributed by atoms with Gasteiger partial charge in [-0.2, -0.15) is 0 Å². The van der Waals surface area contributed by atoms with Crippen LogP contribution in [0.1, 0.15) is 23.7 Å². The summed E-state index contributed by atoms with van der Waals surface area (Å²) >= 11 is 0. The summed E-state index contributed by atoms with van der Waals surface area (Å²) in [6.45, 7) is 1.42. The van der Waals surface area contributed by atoms with Crippen molar-refractivity contribution in [2.75, 3.05) is 18.5 Å². The van der Waals surface area contributed by atoms with Crippen LogP contribution in [-0.4, -0.2) is 40.8 Å². The molecule has 0 saturated heterocycles. The van der Waals surface area contributed by atoms with Crippen LogP contribution in [0.25, 0.3) is 0 Å². The Kier molecular flexibility index (Phi) is 4.49. The van der Waals surface area contributed by atoms with Crippen molar-refractivity contribution in [3.05, 3.63) is 41.6 Å². The molecule has 1 aliphatic rings. The lowest BCUT2D eigenvalue weighted by Gasteiger charge is -2.14. The summed E-state index contributed by atoms with van der Waals surface area (Å²) in [5.74, 6) is -1.04. The first-order valence-corrected chi connectivity index (χ1v) is 6.66. The van der Waals surface area contributed by atoms with Crippen LogP contribution in [0.4, 0.5) is 5.69 Å². The summed E-state index contributed by atoms with van der Waals surface area (Å²) in [7, 11) is 0. The minimum atomic E-state index is -0.507. The zero-order chi connectivity index (χ0) is 15.4. The van der Waals surface area contributed by atoms with Gasteiger partial charge in [-0.15, -0.1) is 0 Å². The summed E-state index contributed by atoms with van der Waals surface area (Å²) < 4.78 is 0. The molecule has 0 atom stereocenters. The number of nitrogens with zero attached hydrogens (tertiary/aromatic N) is 1. The molecule has 0 aromatic heterocycles. The molecule has 0 bridgehead atoms. The molecule has 6 heteroatoms. The van der Waals surface area contributed by atoms with E-state index in [0.29, 0.717) is 17.7 Å². The van der Waals surface area contributed by atoms with Gasteiger partial charge in [-0.1, -0.05) is 19.1 Å². The van der Waals surface area contributed by atoms with Crippen LogP contribution in [0.5, 0.6) is 0 Å². The number of ketones is 1. The molecule has 1 aliphatic heterocycles. The van der Waals surface area contributed by atoms with Gasteiger partial charge in [0.15, 0.2) is 5.78 Å². The van der Waals surface area contributed by atoms with Gasteiger partial charge in [-0.3, -0.25) is 19.3 Å². The van der Waals surface area contributed by atoms with Crippen molar-refractivity contribution in [3.8, 4) is 0 Å². The maximum Gasteiger partial charge on any atom is 0.277 e. The van der Waals surface area contributed by atoms with Crippen molar-refractivity contribution in [2.24, 2.45) is 0 Å². The number of nitrogens with one attached hydrogen (secondary N) is 1. The fourth-order valence-corrected chi connectivity index (χ4v) is 2.08. The lowest BCUT2D eigenvalue weighted by atomic mass is 10.1. The number of rotatable bonds is 6. The predicted molar refractivity (Wildman–Crippen MR) is 76.6 cm³/mol. The molecule has 0 saturated carbocycles. The summed E-state index contributed by atoms with van der Waals surface area (Å²) in [5, 5.41) is 11.7. The molecule has 0 unspecified atom stereocenters. The van der Waals surface area contributed by atoms with Crippen molar-refractivity contribution in [1.82, 2.24) is 4.90 Å². The van der Waals surface area contributed by atoms with Crippen LogP contribution in [0.15, 0.2) is 36.0 Å². The third-order valence-corrected chi connectivity index (χ3v) is 3.15. The second kappa shape index (κ2) is 6.32. The zero-order valence-corrected chi connectivity index (χ0v) is 11.6. The fraction of sp³-hybridized carbons (Fsp3) is 0.267. The highest BCUT2D eigenvalue weighted by molar-refractivity contribution is 6.18. The van der Waals surface area contributed by atoms with Gasteiger partial charge in [-0.05, 0) is 12.1 Å². The first-order valence-electron chi connectivity index (χ1n) is 6.66. The number of hydrogen-bond acceptors (Lipinski definition) is 5. The predicted octanol–water partition coefficient (Wildman–Crippen LogP) is 0.936. The number of carbonyl (C=O) groups excluding carboxylic acids is 3. The molecule has 0 radical (unpaired) electrons. The minimum absolute atomic E-state index is 0.0467. The minimum Gasteiger partial charge on any atom is -0.395 e. The van der Waals surface area contributed by atoms with E-state index < -0.39 is 11.8 Å². The number of carbonyl (C=O) groups is 3. The first-order chi connectivity index (χ1) is 10.1. The van der Waals surface area contributed by atoms with Gasteiger partial charge < -0.3 is 10.4 Å². The molecular weight excluding hydrogens is 272 g/mol. The van der Waals surface area contributed by atoms with Gasteiger partial charge in [-0.25, -0.2) is 0 Å². The topological polar surface area (TPSA) is 86.7 Å². The molecule has 0 aliphatic carbocycles. The molecule has 2 amide bonds. The van der Waals surface area contributed by atoms with Gasteiger partial charge in [0, 0.05) is 23.7 Å². The molecule has 2 N–H and O–H groups in total. The van der Waals surface area contributed by atoms with Crippen LogP contribution >= 0.6 is 0 Å². The monoisotopic (exact) mass is 288 g/mol. The van der Waals surface area contributed by atoms with E-state index in [1.807, 2.05) is 0 Å². The van der Waals surface area contributed by atoms with Crippen molar-refractivity contribution in [1.29, 1.82) is 0 Å². The molecule has 21 heavy (non-hydrogen) atoms. The van der Waals surface area contributed by atoms with E-state index in [4.69, 9.17) is 5.11 Å². The highest BCUT2D eigenvalue weighted by atomic mass is 16.3. The van der Waals surface area contributed by atoms with Gasteiger partial charge in [0.2, 0.25) is 0 Å². The number of benzene rings is 1. The standard InChI is InChI=1S/C15H16N2O4/c1-2-13(19)10-5-3-4-6-11(10)16-12-9-14(20)17(7-8-18)15(12)21/h3-6,9,16,18H,2,7-8H2,1H3. The quantitative estimate of drug-likeness (QED) is 0.601. The van der Waals surface area contributed by atoms with Crippen LogP contribution in [0.3, 0.4) is 0 Å². The highest BCUT2D eigenvalue weighted by Crippen LogP contribution is 2.21. The molecule has 6 nitrogen and oxygen atoms in total. The molecule has 110 valence electrons. The first kappa shape index (κ1) is 14.9. The zero-order valence-electron chi connectivity index (χ0n) is 11.6. The van der Waals surface area contributed by atoms with Crippen LogP contribution in [-0.2, 0) is 9.59 Å². The lowest BCUT2D eigenvalue weighted by Crippen LogP contribution is -2.34. The van der Waals surface area contributed by atoms with E-state index in [-0.39, 0.29) is 24.6 Å². The van der Waals surface area contributed by atoms with Crippen molar-refractivity contribution >= 4 is 23.3 Å². The Bertz CT molecular complexity index is 622. The molecule has 0 spiro atoms. The second-order valence-electron chi connectivity index (χ2n) is 4.52. The number of hydrogen-bond donors (Lipinski definition) is 2. The van der Waals surface area contributed by atoms with Crippen LogP contribution in [0, 0.1) is 0 Å². The summed E-state index contributed by atoms with van der Waals surface area (Å²) in [4.78, 5) is 36.5. The highest BCUT2D eigenvalue weighted by Gasteiger charge is 2.31. The van der Waals surface area contributed by atoms with Crippen molar-refractivity contribution in [2.45, 2.75) is 13.3 Å². The molecular formula is C15H16N2O4. The number of anilines is 1. The number of imide groups is 1. The number of aliphatic hydroxyl groups excluding tert-OH is 1. The Balaban J connectivity index is 2.24. The number of Topliss-reactive ketones (excluding diaryl/α,β-unsaturated/α-hetero) is 1. The molecule has 1 aromatic rings. The maximum atomic E-state index is 12.0. The molecule has 2 rings (SSSR count). The van der Waals surface area contributed by atoms with E-state index in [1.54, 1.807) is 31.2 Å². The number of aliphatic hydroxyl groups is 1. The van der Waals surface area contributed by atoms with E-state index in [2.05, 4.69) is 5.32 Å². The molecule has 0 fully saturated rings. The van der Waals surface area contributed by atoms with Gasteiger partial charge in [0.25, 0.3) is 11.8 Å². The Morgan fingerprint density at radius 3 is 2.67 bits per heavy atom. The van der Waals surface area contributed by atoms with Crippen LogP contribution < -0.4 is 5.32 Å². The summed E-state index contributed by atoms with van der Waals surface area (Å²) in [5.41, 5.74) is 1.06. The van der Waals surface area contributed by atoms with E-state index >= 15 is 0 Å². The Labute approximate surface area is 122 Å². The number of amides is 2. The Morgan fingerprint density at radius 1 is 1.29 bits per heavy atom. The van der Waals surface area contributed by atoms with Gasteiger partial charge >= 0.3 is 0 Å². The van der Waals surface area contributed by atoms with Crippen molar-refractivity contribution < 1.29 is 19.5 Å². The maximum absolute atomic E-state index is 12.0. The van der Waals surface area contributed by atoms with Crippen molar-refractivity contribution in [3.63, 3.8) is 0 Å². The molecule has 1 aromatic carbocycles. The van der Waals surface area contributed by atoms with E-state index in [0.717, 1.165) is 4.90 Å².